The van der Waals surface area contributed by atoms with Crippen LogP contribution in [-0.4, -0.2) is 39.7 Å². The molecule has 6 heteroatoms. The van der Waals surface area contributed by atoms with Gasteiger partial charge in [0.1, 0.15) is 0 Å². The van der Waals surface area contributed by atoms with Crippen LogP contribution in [0.15, 0.2) is 12.2 Å². The Hall–Kier alpha value is -0.693. The molecule has 1 saturated carbocycles. The van der Waals surface area contributed by atoms with Gasteiger partial charge in [0.05, 0.1) is 5.92 Å². The molecule has 0 heterocycles. The van der Waals surface area contributed by atoms with Crippen LogP contribution < -0.4 is 0 Å². The quantitative estimate of drug-likeness (QED) is 0.486. The van der Waals surface area contributed by atoms with Gasteiger partial charge in [-0.15, -0.1) is 0 Å². The molecule has 0 aromatic carbocycles. The maximum Gasteiger partial charge on any atom is 0.505 e. The van der Waals surface area contributed by atoms with Gasteiger partial charge in [-0.05, 0) is 46.0 Å². The van der Waals surface area contributed by atoms with Crippen LogP contribution in [0, 0.1) is 17.3 Å². The number of carboxylic acid groups (broad SMARTS) is 1. The smallest absolute Gasteiger partial charge is 0.481 e. The molecule has 2 aliphatic rings. The van der Waals surface area contributed by atoms with Crippen molar-refractivity contribution < 1.29 is 23.2 Å². The van der Waals surface area contributed by atoms with Crippen molar-refractivity contribution in [1.29, 1.82) is 0 Å². The van der Waals surface area contributed by atoms with Crippen LogP contribution in [-0.2, 0) is 18.1 Å². The van der Waals surface area contributed by atoms with E-state index in [9.17, 15) is 9.90 Å². The average molecular weight is 343 g/mol. The van der Waals surface area contributed by atoms with Gasteiger partial charge >= 0.3 is 14.8 Å². The van der Waals surface area contributed by atoms with Gasteiger partial charge in [-0.25, -0.2) is 0 Å². The highest BCUT2D eigenvalue weighted by Gasteiger charge is 2.64. The summed E-state index contributed by atoms with van der Waals surface area (Å²) in [5.74, 6) is -0.708. The van der Waals surface area contributed by atoms with E-state index in [0.717, 1.165) is 19.3 Å². The van der Waals surface area contributed by atoms with Gasteiger partial charge in [-0.2, -0.15) is 0 Å². The molecule has 0 aliphatic heterocycles. The molecule has 0 aromatic rings. The monoisotopic (exact) mass is 342 g/mol. The second-order valence-corrected chi connectivity index (χ2v) is 9.20. The topological polar surface area (TPSA) is 65.0 Å². The van der Waals surface area contributed by atoms with Gasteiger partial charge in [-0.3, -0.25) is 4.79 Å². The molecule has 132 valence electrons. The lowest BCUT2D eigenvalue weighted by atomic mass is 9.74. The summed E-state index contributed by atoms with van der Waals surface area (Å²) in [4.78, 5) is 11.9. The van der Waals surface area contributed by atoms with Crippen molar-refractivity contribution in [2.24, 2.45) is 17.3 Å². The summed E-state index contributed by atoms with van der Waals surface area (Å²) in [7, 11) is -2.96. The van der Waals surface area contributed by atoms with Crippen molar-refractivity contribution in [2.45, 2.75) is 52.5 Å². The van der Waals surface area contributed by atoms with E-state index in [2.05, 4.69) is 19.1 Å². The van der Waals surface area contributed by atoms with Crippen LogP contribution in [0.4, 0.5) is 0 Å². The minimum atomic E-state index is -2.96. The number of rotatable bonds is 10. The van der Waals surface area contributed by atoms with Crippen LogP contribution in [0.3, 0.4) is 0 Å². The number of hydrogen-bond donors (Lipinski definition) is 1. The van der Waals surface area contributed by atoms with Crippen molar-refractivity contribution >= 4 is 14.8 Å². The van der Waals surface area contributed by atoms with Crippen LogP contribution in [0.1, 0.15) is 47.0 Å². The Bertz CT molecular complexity index is 435. The van der Waals surface area contributed by atoms with E-state index in [1.807, 2.05) is 20.8 Å². The van der Waals surface area contributed by atoms with Crippen molar-refractivity contribution in [2.75, 3.05) is 19.8 Å². The van der Waals surface area contributed by atoms with Crippen LogP contribution in [0.2, 0.25) is 5.54 Å². The second kappa shape index (κ2) is 7.47. The molecule has 2 bridgehead atoms. The third-order valence-electron chi connectivity index (χ3n) is 5.30. The van der Waals surface area contributed by atoms with Gasteiger partial charge in [0.25, 0.3) is 0 Å². The molecule has 23 heavy (non-hydrogen) atoms. The lowest BCUT2D eigenvalue weighted by Gasteiger charge is -2.45. The largest absolute Gasteiger partial charge is 0.505 e. The number of carbonyl (C=O) groups is 1. The molecule has 2 aliphatic carbocycles. The Morgan fingerprint density at radius 3 is 2.17 bits per heavy atom. The van der Waals surface area contributed by atoms with Crippen LogP contribution >= 0.6 is 0 Å². The summed E-state index contributed by atoms with van der Waals surface area (Å²) < 4.78 is 18.4. The Morgan fingerprint density at radius 2 is 1.78 bits per heavy atom. The predicted octanol–water partition coefficient (Wildman–Crippen LogP) is 3.48. The Labute approximate surface area is 140 Å². The highest BCUT2D eigenvalue weighted by molar-refractivity contribution is 6.62. The highest BCUT2D eigenvalue weighted by Crippen LogP contribution is 2.63. The number of allylic oxidation sites excluding steroid dienone is 2. The fourth-order valence-electron chi connectivity index (χ4n) is 4.67. The zero-order valence-electron chi connectivity index (χ0n) is 14.7. The molecule has 0 saturated heterocycles. The molecule has 4 unspecified atom stereocenters. The molecule has 2 rings (SSSR count). The SMILES string of the molecule is CCO[Si](OCC)(OCC)C(CC)C12C=CC(CC1C(=O)O)C2. The maximum atomic E-state index is 11.9. The first-order chi connectivity index (χ1) is 11.0. The van der Waals surface area contributed by atoms with Crippen molar-refractivity contribution in [3.63, 3.8) is 0 Å². The number of aliphatic carboxylic acids is 1. The van der Waals surface area contributed by atoms with Gasteiger partial charge in [0.15, 0.2) is 0 Å². The normalized spacial score (nSPS) is 30.8. The predicted molar refractivity (Wildman–Crippen MR) is 90.1 cm³/mol. The molecular formula is C17H30O5Si. The molecule has 0 spiro atoms. The molecule has 0 radical (unpaired) electrons. The molecule has 0 amide bonds. The van der Waals surface area contributed by atoms with E-state index in [1.54, 1.807) is 0 Å². The molecule has 1 fully saturated rings. The molecule has 5 nitrogen and oxygen atoms in total. The fraction of sp³-hybridized carbons (Fsp3) is 0.824. The van der Waals surface area contributed by atoms with Crippen LogP contribution in [0.25, 0.3) is 0 Å². The molecule has 0 aromatic heterocycles. The maximum absolute atomic E-state index is 11.9. The molecular weight excluding hydrogens is 312 g/mol. The first-order valence-electron chi connectivity index (χ1n) is 8.83. The minimum Gasteiger partial charge on any atom is -0.481 e. The number of fused-ring (bicyclic) bond motifs is 2. The fourth-order valence-corrected chi connectivity index (χ4v) is 8.30. The third kappa shape index (κ3) is 3.14. The molecule has 1 N–H and O–H groups in total. The summed E-state index contributed by atoms with van der Waals surface area (Å²) in [6.07, 6.45) is 6.72. The van der Waals surface area contributed by atoms with E-state index in [4.69, 9.17) is 13.3 Å². The summed E-state index contributed by atoms with van der Waals surface area (Å²) in [6.45, 7) is 9.48. The van der Waals surface area contributed by atoms with Crippen molar-refractivity contribution in [1.82, 2.24) is 0 Å². The minimum absolute atomic E-state index is 0.0142. The summed E-state index contributed by atoms with van der Waals surface area (Å²) in [5.41, 5.74) is -0.406. The molecule has 4 atom stereocenters. The Kier molecular flexibility index (Phi) is 6.05. The second-order valence-electron chi connectivity index (χ2n) is 6.43. The van der Waals surface area contributed by atoms with Gasteiger partial charge in [0.2, 0.25) is 0 Å². The van der Waals surface area contributed by atoms with E-state index >= 15 is 0 Å². The van der Waals surface area contributed by atoms with E-state index in [0.29, 0.717) is 25.7 Å². The average Bonchev–Trinajstić information content (AvgIpc) is 3.07. The van der Waals surface area contributed by atoms with Gasteiger partial charge in [-0.1, -0.05) is 19.1 Å². The standard InChI is InChI=1S/C17H30O5Si/c1-5-15(23(20-6-2,21-7-3)22-8-4)17-10-9-13(12-17)11-14(17)16(18)19/h9-10,13-15H,5-8,11-12H2,1-4H3,(H,18,19). The number of carboxylic acids is 1. The third-order valence-corrected chi connectivity index (χ3v) is 9.17. The zero-order valence-corrected chi connectivity index (χ0v) is 15.7. The van der Waals surface area contributed by atoms with Crippen molar-refractivity contribution in [3.05, 3.63) is 12.2 Å². The first kappa shape index (κ1) is 18.6. The lowest BCUT2D eigenvalue weighted by molar-refractivity contribution is -0.145. The van der Waals surface area contributed by atoms with E-state index in [-0.39, 0.29) is 11.5 Å². The van der Waals surface area contributed by atoms with E-state index < -0.39 is 20.2 Å². The lowest BCUT2D eigenvalue weighted by Crippen LogP contribution is -2.56. The highest BCUT2D eigenvalue weighted by atomic mass is 28.4. The summed E-state index contributed by atoms with van der Waals surface area (Å²) in [5, 5.41) is 9.76. The van der Waals surface area contributed by atoms with Crippen LogP contribution in [0.5, 0.6) is 0 Å². The van der Waals surface area contributed by atoms with Gasteiger partial charge in [0, 0.05) is 30.8 Å². The summed E-state index contributed by atoms with van der Waals surface area (Å²) in [6, 6.07) is 0. The number of hydrogen-bond acceptors (Lipinski definition) is 4. The van der Waals surface area contributed by atoms with Gasteiger partial charge < -0.3 is 18.4 Å². The summed E-state index contributed by atoms with van der Waals surface area (Å²) >= 11 is 0. The van der Waals surface area contributed by atoms with Crippen molar-refractivity contribution in [3.8, 4) is 0 Å². The Balaban J connectivity index is 2.45. The Morgan fingerprint density at radius 1 is 1.22 bits per heavy atom. The zero-order chi connectivity index (χ0) is 17.1. The van der Waals surface area contributed by atoms with E-state index in [1.165, 1.54) is 0 Å². The first-order valence-corrected chi connectivity index (χ1v) is 10.6.